The first-order valence-corrected chi connectivity index (χ1v) is 4.34. The summed E-state index contributed by atoms with van der Waals surface area (Å²) in [4.78, 5) is 10.9. The molecule has 1 aromatic rings. The molecule has 0 N–H and O–H groups in total. The van der Waals surface area contributed by atoms with Crippen LogP contribution in [0.5, 0.6) is 0 Å². The summed E-state index contributed by atoms with van der Waals surface area (Å²) in [6.07, 6.45) is 0.485. The summed E-state index contributed by atoms with van der Waals surface area (Å²) in [5, 5.41) is 0. The first-order chi connectivity index (χ1) is 6.24. The highest BCUT2D eigenvalue weighted by molar-refractivity contribution is 5.95. The molecule has 0 radical (unpaired) electrons. The molecule has 66 valence electrons. The molecular weight excluding hydrogens is 160 g/mol. The third-order valence-corrected chi connectivity index (χ3v) is 1.80. The molecule has 0 atom stereocenters. The van der Waals surface area contributed by atoms with Crippen molar-refractivity contribution in [2.24, 2.45) is 0 Å². The summed E-state index contributed by atoms with van der Waals surface area (Å²) in [5.74, 6) is 5.45. The number of rotatable bonds is 1. The topological polar surface area (TPSA) is 17.1 Å². The Morgan fingerprint density at radius 3 is 2.69 bits per heavy atom. The Morgan fingerprint density at radius 1 is 1.38 bits per heavy atom. The molecular formula is C12H12O. The minimum atomic E-state index is -0.0109. The minimum Gasteiger partial charge on any atom is -0.285 e. The van der Waals surface area contributed by atoms with Gasteiger partial charge in [0.2, 0.25) is 5.78 Å². The molecule has 1 nitrogen and oxygen atoms in total. The largest absolute Gasteiger partial charge is 0.285 e. The van der Waals surface area contributed by atoms with Gasteiger partial charge in [0.1, 0.15) is 0 Å². The van der Waals surface area contributed by atoms with Crippen molar-refractivity contribution in [1.82, 2.24) is 0 Å². The van der Waals surface area contributed by atoms with E-state index in [1.54, 1.807) is 0 Å². The lowest BCUT2D eigenvalue weighted by Gasteiger charge is -1.94. The van der Waals surface area contributed by atoms with Crippen LogP contribution < -0.4 is 0 Å². The van der Waals surface area contributed by atoms with Gasteiger partial charge in [-0.15, -0.1) is 0 Å². The number of aryl methyl sites for hydroxylation is 1. The second-order valence-electron chi connectivity index (χ2n) is 2.84. The Balaban J connectivity index is 2.89. The molecule has 0 aliphatic heterocycles. The number of benzene rings is 1. The van der Waals surface area contributed by atoms with Crippen molar-refractivity contribution in [2.75, 3.05) is 0 Å². The number of hydrogen-bond donors (Lipinski definition) is 0. The summed E-state index contributed by atoms with van der Waals surface area (Å²) in [5.41, 5.74) is 2.04. The fourth-order valence-electron chi connectivity index (χ4n) is 0.939. The molecule has 1 heteroatoms. The maximum absolute atomic E-state index is 10.9. The van der Waals surface area contributed by atoms with Crippen LogP contribution in [0.15, 0.2) is 24.3 Å². The van der Waals surface area contributed by atoms with Crippen LogP contribution in [0, 0.1) is 18.8 Å². The van der Waals surface area contributed by atoms with E-state index in [1.165, 1.54) is 0 Å². The quantitative estimate of drug-likeness (QED) is 0.594. The summed E-state index contributed by atoms with van der Waals surface area (Å²) < 4.78 is 0. The molecule has 0 aliphatic rings. The summed E-state index contributed by atoms with van der Waals surface area (Å²) in [6.45, 7) is 3.80. The zero-order valence-corrected chi connectivity index (χ0v) is 7.92. The summed E-state index contributed by atoms with van der Waals surface area (Å²) in [7, 11) is 0. The number of hydrogen-bond acceptors (Lipinski definition) is 1. The number of carbonyl (C=O) groups excluding carboxylic acids is 1. The number of carbonyl (C=O) groups is 1. The lowest BCUT2D eigenvalue weighted by Crippen LogP contribution is -1.89. The van der Waals surface area contributed by atoms with E-state index in [0.29, 0.717) is 6.42 Å². The predicted octanol–water partition coefficient (Wildman–Crippen LogP) is 2.33. The zero-order valence-electron chi connectivity index (χ0n) is 7.92. The molecule has 13 heavy (non-hydrogen) atoms. The first kappa shape index (κ1) is 9.54. The van der Waals surface area contributed by atoms with Gasteiger partial charge >= 0.3 is 0 Å². The second-order valence-corrected chi connectivity index (χ2v) is 2.84. The average Bonchev–Trinajstić information content (AvgIpc) is 2.16. The smallest absolute Gasteiger partial charge is 0.205 e. The Hall–Kier alpha value is -1.55. The molecule has 1 aromatic carbocycles. The number of Topliss-reactive ketones (excluding diaryl/α,β-unsaturated/α-hetero) is 1. The van der Waals surface area contributed by atoms with E-state index in [-0.39, 0.29) is 5.78 Å². The van der Waals surface area contributed by atoms with Gasteiger partial charge in [-0.1, -0.05) is 31.0 Å². The van der Waals surface area contributed by atoms with Crippen molar-refractivity contribution in [3.05, 3.63) is 35.4 Å². The van der Waals surface area contributed by atoms with Crippen molar-refractivity contribution in [3.63, 3.8) is 0 Å². The van der Waals surface area contributed by atoms with Crippen LogP contribution in [0.3, 0.4) is 0 Å². The molecule has 0 heterocycles. The summed E-state index contributed by atoms with van der Waals surface area (Å²) in [6, 6.07) is 7.79. The molecule has 0 bridgehead atoms. The monoisotopic (exact) mass is 172 g/mol. The van der Waals surface area contributed by atoms with Crippen molar-refractivity contribution >= 4 is 5.78 Å². The Bertz CT molecular complexity index is 366. The minimum absolute atomic E-state index is 0.0109. The van der Waals surface area contributed by atoms with Crippen LogP contribution in [0.1, 0.15) is 24.5 Å². The van der Waals surface area contributed by atoms with Gasteiger partial charge in [0.15, 0.2) is 0 Å². The Morgan fingerprint density at radius 2 is 2.08 bits per heavy atom. The van der Waals surface area contributed by atoms with E-state index in [9.17, 15) is 4.79 Å². The van der Waals surface area contributed by atoms with Crippen molar-refractivity contribution in [1.29, 1.82) is 0 Å². The highest BCUT2D eigenvalue weighted by atomic mass is 16.1. The third kappa shape index (κ3) is 2.76. The van der Waals surface area contributed by atoms with E-state index < -0.39 is 0 Å². The maximum atomic E-state index is 10.9. The SMILES string of the molecule is CCC(=O)C#Cc1ccccc1C. The van der Waals surface area contributed by atoms with Gasteiger partial charge in [-0.2, -0.15) is 0 Å². The summed E-state index contributed by atoms with van der Waals surface area (Å²) >= 11 is 0. The van der Waals surface area contributed by atoms with E-state index in [0.717, 1.165) is 11.1 Å². The van der Waals surface area contributed by atoms with Crippen LogP contribution in [-0.2, 0) is 4.79 Å². The zero-order chi connectivity index (χ0) is 9.68. The van der Waals surface area contributed by atoms with Gasteiger partial charge in [0.25, 0.3) is 0 Å². The lowest BCUT2D eigenvalue weighted by atomic mass is 10.1. The predicted molar refractivity (Wildman–Crippen MR) is 53.4 cm³/mol. The average molecular weight is 172 g/mol. The van der Waals surface area contributed by atoms with Crippen molar-refractivity contribution in [3.8, 4) is 11.8 Å². The molecule has 0 saturated heterocycles. The molecule has 0 spiro atoms. The van der Waals surface area contributed by atoms with Crippen molar-refractivity contribution < 1.29 is 4.79 Å². The van der Waals surface area contributed by atoms with Crippen LogP contribution >= 0.6 is 0 Å². The molecule has 1 rings (SSSR count). The standard InChI is InChI=1S/C12H12O/c1-3-12(13)9-8-11-7-5-4-6-10(11)2/h4-7H,3H2,1-2H3. The van der Waals surface area contributed by atoms with Gasteiger partial charge in [-0.3, -0.25) is 4.79 Å². The highest BCUT2D eigenvalue weighted by Gasteiger charge is 1.92. The van der Waals surface area contributed by atoms with Gasteiger partial charge in [0, 0.05) is 12.0 Å². The van der Waals surface area contributed by atoms with Gasteiger partial charge < -0.3 is 0 Å². The molecule has 0 aromatic heterocycles. The fraction of sp³-hybridized carbons (Fsp3) is 0.250. The van der Waals surface area contributed by atoms with Crippen molar-refractivity contribution in [2.45, 2.75) is 20.3 Å². The molecule has 0 aliphatic carbocycles. The number of ketones is 1. The fourth-order valence-corrected chi connectivity index (χ4v) is 0.939. The van der Waals surface area contributed by atoms with Crippen LogP contribution in [0.25, 0.3) is 0 Å². The highest BCUT2D eigenvalue weighted by Crippen LogP contribution is 2.04. The Labute approximate surface area is 78.8 Å². The van der Waals surface area contributed by atoms with Crippen LogP contribution in [-0.4, -0.2) is 5.78 Å². The Kier molecular flexibility index (Phi) is 3.28. The first-order valence-electron chi connectivity index (χ1n) is 4.34. The van der Waals surface area contributed by atoms with Gasteiger partial charge in [-0.05, 0) is 24.5 Å². The van der Waals surface area contributed by atoms with E-state index >= 15 is 0 Å². The molecule has 0 saturated carbocycles. The van der Waals surface area contributed by atoms with Gasteiger partial charge in [-0.25, -0.2) is 0 Å². The molecule has 0 unspecified atom stereocenters. The van der Waals surface area contributed by atoms with E-state index in [1.807, 2.05) is 38.1 Å². The lowest BCUT2D eigenvalue weighted by molar-refractivity contribution is -0.113. The molecule has 0 fully saturated rings. The molecule has 0 amide bonds. The van der Waals surface area contributed by atoms with E-state index in [2.05, 4.69) is 11.8 Å². The van der Waals surface area contributed by atoms with E-state index in [4.69, 9.17) is 0 Å². The van der Waals surface area contributed by atoms with Gasteiger partial charge in [0.05, 0.1) is 0 Å². The maximum Gasteiger partial charge on any atom is 0.205 e. The third-order valence-electron chi connectivity index (χ3n) is 1.80. The second kappa shape index (κ2) is 4.47. The normalized spacial score (nSPS) is 8.77. The van der Waals surface area contributed by atoms with Crippen LogP contribution in [0.4, 0.5) is 0 Å². The van der Waals surface area contributed by atoms with Crippen LogP contribution in [0.2, 0.25) is 0 Å².